The fraction of sp³-hybridized carbons (Fsp3) is 0.182. The zero-order chi connectivity index (χ0) is 21.1. The van der Waals surface area contributed by atoms with Crippen molar-refractivity contribution in [3.05, 3.63) is 60.3 Å². The molecule has 0 radical (unpaired) electrons. The molecule has 2 heterocycles. The van der Waals surface area contributed by atoms with Gasteiger partial charge in [-0.2, -0.15) is 0 Å². The second kappa shape index (κ2) is 8.20. The van der Waals surface area contributed by atoms with E-state index in [1.54, 1.807) is 50.8 Å². The van der Waals surface area contributed by atoms with E-state index in [9.17, 15) is 4.79 Å². The number of ether oxygens (including phenoxy) is 2. The summed E-state index contributed by atoms with van der Waals surface area (Å²) >= 11 is 0. The minimum absolute atomic E-state index is 0.268. The van der Waals surface area contributed by atoms with Crippen molar-refractivity contribution in [1.82, 2.24) is 4.90 Å². The molecule has 30 heavy (non-hydrogen) atoms. The van der Waals surface area contributed by atoms with Crippen LogP contribution in [0.1, 0.15) is 6.92 Å². The minimum atomic E-state index is -0.692. The van der Waals surface area contributed by atoms with Crippen molar-refractivity contribution in [1.29, 1.82) is 0 Å². The van der Waals surface area contributed by atoms with Gasteiger partial charge in [0.25, 0.3) is 5.91 Å². The number of hydrogen-bond acceptors (Lipinski definition) is 7. The molecule has 1 N–H and O–H groups in total. The van der Waals surface area contributed by atoms with E-state index in [0.29, 0.717) is 17.4 Å². The van der Waals surface area contributed by atoms with Crippen LogP contribution in [0, 0.1) is 0 Å². The number of rotatable bonds is 5. The predicted octanol–water partition coefficient (Wildman–Crippen LogP) is 3.40. The molecule has 8 nitrogen and oxygen atoms in total. The van der Waals surface area contributed by atoms with Gasteiger partial charge in [0.15, 0.2) is 11.9 Å². The third kappa shape index (κ3) is 3.80. The average Bonchev–Trinajstić information content (AvgIpc) is 2.77. The Hall–Kier alpha value is -3.94. The summed E-state index contributed by atoms with van der Waals surface area (Å²) < 4.78 is 10.4. The van der Waals surface area contributed by atoms with E-state index in [2.05, 4.69) is 20.3 Å². The lowest BCUT2D eigenvalue weighted by Gasteiger charge is -2.32. The van der Waals surface area contributed by atoms with E-state index in [4.69, 9.17) is 9.47 Å². The number of hydrogen-bond donors (Lipinski definition) is 1. The molecule has 2 aromatic carbocycles. The Kier molecular flexibility index (Phi) is 5.30. The van der Waals surface area contributed by atoms with Crippen LogP contribution in [0.25, 0.3) is 0 Å². The third-order valence-electron chi connectivity index (χ3n) is 4.70. The van der Waals surface area contributed by atoms with Crippen LogP contribution in [0.3, 0.4) is 0 Å². The maximum Gasteiger partial charge on any atom is 0.283 e. The van der Waals surface area contributed by atoms with Crippen molar-refractivity contribution < 1.29 is 14.3 Å². The van der Waals surface area contributed by atoms with Crippen molar-refractivity contribution in [3.8, 4) is 11.5 Å². The Morgan fingerprint density at radius 2 is 1.63 bits per heavy atom. The van der Waals surface area contributed by atoms with Crippen molar-refractivity contribution in [2.75, 3.05) is 19.5 Å². The first-order valence-corrected chi connectivity index (χ1v) is 9.35. The monoisotopic (exact) mass is 403 g/mol. The molecule has 1 amide bonds. The summed E-state index contributed by atoms with van der Waals surface area (Å²) in [5.74, 6) is 1.51. The van der Waals surface area contributed by atoms with Crippen LogP contribution in [-0.4, -0.2) is 49.1 Å². The van der Waals surface area contributed by atoms with Gasteiger partial charge in [-0.25, -0.2) is 19.9 Å². The van der Waals surface area contributed by atoms with Crippen molar-refractivity contribution in [2.24, 2.45) is 15.0 Å². The number of nitrogens with one attached hydrogen (secondary N) is 1. The van der Waals surface area contributed by atoms with Gasteiger partial charge in [0.1, 0.15) is 11.5 Å². The van der Waals surface area contributed by atoms with Gasteiger partial charge in [-0.15, -0.1) is 0 Å². The second-order valence-corrected chi connectivity index (χ2v) is 6.63. The number of methoxy groups -OCH3 is 2. The first-order chi connectivity index (χ1) is 14.6. The summed E-state index contributed by atoms with van der Waals surface area (Å²) in [5.41, 5.74) is 2.41. The van der Waals surface area contributed by atoms with Crippen LogP contribution < -0.4 is 14.8 Å². The number of benzene rings is 2. The summed E-state index contributed by atoms with van der Waals surface area (Å²) in [6.07, 6.45) is 2.70. The lowest BCUT2D eigenvalue weighted by Crippen LogP contribution is -2.51. The molecule has 0 aliphatic carbocycles. The van der Waals surface area contributed by atoms with Crippen LogP contribution in [0.4, 0.5) is 11.4 Å². The average molecular weight is 403 g/mol. The fourth-order valence-electron chi connectivity index (χ4n) is 3.10. The zero-order valence-electron chi connectivity index (χ0n) is 16.9. The molecule has 8 heteroatoms. The number of carbonyl (C=O) groups excluding carboxylic acids is 1. The maximum absolute atomic E-state index is 13.3. The number of anilines is 1. The molecular weight excluding hydrogens is 382 g/mol. The molecule has 0 saturated carbocycles. The Bertz CT molecular complexity index is 1070. The topological polar surface area (TPSA) is 87.9 Å². The molecule has 0 spiro atoms. The maximum atomic E-state index is 13.3. The minimum Gasteiger partial charge on any atom is -0.497 e. The fourth-order valence-corrected chi connectivity index (χ4v) is 3.10. The number of guanidine groups is 1. The highest BCUT2D eigenvalue weighted by Gasteiger charge is 2.37. The Morgan fingerprint density at radius 3 is 2.27 bits per heavy atom. The summed E-state index contributed by atoms with van der Waals surface area (Å²) in [6, 6.07) is 14.6. The van der Waals surface area contributed by atoms with E-state index in [1.165, 1.54) is 4.90 Å². The van der Waals surface area contributed by atoms with Crippen LogP contribution in [0.2, 0.25) is 0 Å². The highest BCUT2D eigenvalue weighted by molar-refractivity contribution is 6.46. The van der Waals surface area contributed by atoms with Crippen LogP contribution in [0.5, 0.6) is 11.5 Å². The normalized spacial score (nSPS) is 19.2. The molecule has 0 bridgehead atoms. The van der Waals surface area contributed by atoms with Gasteiger partial charge in [-0.3, -0.25) is 4.79 Å². The molecule has 0 fully saturated rings. The molecule has 0 saturated heterocycles. The number of nitrogens with zero attached hydrogens (tertiary/aromatic N) is 4. The van der Waals surface area contributed by atoms with Crippen LogP contribution in [-0.2, 0) is 4.79 Å². The van der Waals surface area contributed by atoms with Crippen molar-refractivity contribution in [3.63, 3.8) is 0 Å². The van der Waals surface area contributed by atoms with Crippen LogP contribution >= 0.6 is 0 Å². The number of amides is 1. The van der Waals surface area contributed by atoms with E-state index < -0.39 is 6.17 Å². The molecule has 2 aliphatic rings. The summed E-state index contributed by atoms with van der Waals surface area (Å²) in [5, 5.41) is 3.26. The smallest absolute Gasteiger partial charge is 0.283 e. The number of fused-ring (bicyclic) bond motifs is 1. The highest BCUT2D eigenvalue weighted by Crippen LogP contribution is 2.25. The zero-order valence-corrected chi connectivity index (χ0v) is 16.9. The Labute approximate surface area is 174 Å². The van der Waals surface area contributed by atoms with Crippen LogP contribution in [0.15, 0.2) is 75.3 Å². The van der Waals surface area contributed by atoms with Crippen molar-refractivity contribution in [2.45, 2.75) is 13.1 Å². The lowest BCUT2D eigenvalue weighted by atomic mass is 10.1. The highest BCUT2D eigenvalue weighted by atomic mass is 16.5. The first kappa shape index (κ1) is 19.4. The molecule has 2 aromatic rings. The Balaban J connectivity index is 1.73. The van der Waals surface area contributed by atoms with E-state index in [1.807, 2.05) is 31.2 Å². The van der Waals surface area contributed by atoms with Gasteiger partial charge in [0.2, 0.25) is 5.96 Å². The standard InChI is InChI=1S/C22H21N5O3/c1-14-12-13-23-22-26-20(25-16-6-10-18(30-3)11-7-16)19(21(28)27(14)22)24-15-4-8-17(29-2)9-5-15/h4-13,20,25H,1-3H3. The summed E-state index contributed by atoms with van der Waals surface area (Å²) in [4.78, 5) is 28.3. The second-order valence-electron chi connectivity index (χ2n) is 6.63. The number of allylic oxidation sites excluding steroid dienone is 2. The predicted molar refractivity (Wildman–Crippen MR) is 117 cm³/mol. The molecular formula is C22H21N5O3. The van der Waals surface area contributed by atoms with Gasteiger partial charge in [-0.05, 0) is 61.5 Å². The molecule has 2 aliphatic heterocycles. The summed E-state index contributed by atoms with van der Waals surface area (Å²) in [7, 11) is 3.21. The summed E-state index contributed by atoms with van der Waals surface area (Å²) in [6.45, 7) is 1.83. The van der Waals surface area contributed by atoms with E-state index in [-0.39, 0.29) is 11.6 Å². The van der Waals surface area contributed by atoms with E-state index in [0.717, 1.165) is 17.1 Å². The van der Waals surface area contributed by atoms with E-state index >= 15 is 0 Å². The van der Waals surface area contributed by atoms with Gasteiger partial charge >= 0.3 is 0 Å². The quantitative estimate of drug-likeness (QED) is 0.829. The molecule has 4 rings (SSSR count). The number of aliphatic imine (C=N–C) groups is 3. The molecule has 0 aromatic heterocycles. The third-order valence-corrected chi connectivity index (χ3v) is 4.70. The molecule has 152 valence electrons. The number of carbonyl (C=O) groups is 1. The lowest BCUT2D eigenvalue weighted by molar-refractivity contribution is -0.119. The first-order valence-electron chi connectivity index (χ1n) is 9.35. The molecule has 1 unspecified atom stereocenters. The Morgan fingerprint density at radius 1 is 1.00 bits per heavy atom. The van der Waals surface area contributed by atoms with Crippen molar-refractivity contribution >= 4 is 35.2 Å². The van der Waals surface area contributed by atoms with Gasteiger partial charge in [-0.1, -0.05) is 0 Å². The molecule has 1 atom stereocenters. The SMILES string of the molecule is COc1ccc(N=C2C(=O)N3C(C)=CC=NC3=NC2Nc2ccc(OC)cc2)cc1. The largest absolute Gasteiger partial charge is 0.497 e. The van der Waals surface area contributed by atoms with Gasteiger partial charge in [0.05, 0.1) is 19.9 Å². The van der Waals surface area contributed by atoms with Gasteiger partial charge in [0, 0.05) is 17.6 Å². The van der Waals surface area contributed by atoms with Gasteiger partial charge < -0.3 is 14.8 Å².